The first-order valence-electron chi connectivity index (χ1n) is 8.49. The summed E-state index contributed by atoms with van der Waals surface area (Å²) in [7, 11) is 0. The maximum Gasteiger partial charge on any atom is 0.224 e. The van der Waals surface area contributed by atoms with E-state index in [1.54, 1.807) is 4.68 Å². The largest absolute Gasteiger partial charge is 0.377 e. The van der Waals surface area contributed by atoms with Crippen LogP contribution in [0.15, 0.2) is 54.9 Å². The summed E-state index contributed by atoms with van der Waals surface area (Å²) >= 11 is 0. The van der Waals surface area contributed by atoms with Crippen LogP contribution in [0.1, 0.15) is 23.6 Å². The van der Waals surface area contributed by atoms with Gasteiger partial charge in [-0.15, -0.1) is 5.10 Å². The fraction of sp³-hybridized carbons (Fsp3) is 0.263. The molecule has 2 aromatic carbocycles. The third kappa shape index (κ3) is 4.97. The average Bonchev–Trinajstić information content (AvgIpc) is 3.21. The van der Waals surface area contributed by atoms with Crippen LogP contribution in [0.3, 0.4) is 0 Å². The van der Waals surface area contributed by atoms with Gasteiger partial charge in [0.25, 0.3) is 0 Å². The minimum atomic E-state index is -0.0152. The van der Waals surface area contributed by atoms with Crippen molar-refractivity contribution in [2.75, 3.05) is 6.61 Å². The second-order valence-corrected chi connectivity index (χ2v) is 5.83. The zero-order valence-electron chi connectivity index (χ0n) is 14.6. The number of carbonyl (C=O) groups is 1. The minimum absolute atomic E-state index is 0.0152. The van der Waals surface area contributed by atoms with E-state index in [0.29, 0.717) is 26.2 Å². The lowest BCUT2D eigenvalue weighted by molar-refractivity contribution is -0.120. The first kappa shape index (κ1) is 17.8. The molecule has 0 radical (unpaired) electrons. The molecule has 7 heteroatoms. The lowest BCUT2D eigenvalue weighted by atomic mass is 10.1. The van der Waals surface area contributed by atoms with E-state index in [4.69, 9.17) is 4.74 Å². The van der Waals surface area contributed by atoms with Crippen molar-refractivity contribution in [3.8, 4) is 5.69 Å². The van der Waals surface area contributed by atoms with Crippen LogP contribution < -0.4 is 5.32 Å². The molecule has 1 N–H and O–H groups in total. The Balaban J connectivity index is 1.48. The van der Waals surface area contributed by atoms with E-state index in [-0.39, 0.29) is 5.91 Å². The standard InChI is InChI=1S/C19H21N5O2/c1-2-26-13-17-5-3-16(4-6-17)12-20-19(25)11-15-7-9-18(10-8-15)24-14-21-22-23-24/h3-10,14H,2,11-13H2,1H3,(H,20,25). The number of rotatable bonds is 8. The number of carbonyl (C=O) groups excluding carboxylic acids is 1. The third-order valence-corrected chi connectivity index (χ3v) is 3.90. The highest BCUT2D eigenvalue weighted by atomic mass is 16.5. The summed E-state index contributed by atoms with van der Waals surface area (Å²) in [4.78, 5) is 12.1. The van der Waals surface area contributed by atoms with Crippen molar-refractivity contribution in [1.29, 1.82) is 0 Å². The average molecular weight is 351 g/mol. The van der Waals surface area contributed by atoms with Gasteiger partial charge in [0.2, 0.25) is 5.91 Å². The molecule has 0 unspecified atom stereocenters. The van der Waals surface area contributed by atoms with Gasteiger partial charge in [0.15, 0.2) is 0 Å². The molecule has 0 aliphatic rings. The highest BCUT2D eigenvalue weighted by Gasteiger charge is 2.05. The van der Waals surface area contributed by atoms with Crippen molar-refractivity contribution in [3.05, 3.63) is 71.5 Å². The Kier molecular flexibility index (Phi) is 6.05. The molecule has 0 saturated heterocycles. The van der Waals surface area contributed by atoms with Crippen molar-refractivity contribution in [3.63, 3.8) is 0 Å². The topological polar surface area (TPSA) is 81.9 Å². The van der Waals surface area contributed by atoms with E-state index >= 15 is 0 Å². The number of benzene rings is 2. The number of hydrogen-bond acceptors (Lipinski definition) is 5. The summed E-state index contributed by atoms with van der Waals surface area (Å²) in [5.41, 5.74) is 3.98. The Morgan fingerprint density at radius 1 is 1.04 bits per heavy atom. The SMILES string of the molecule is CCOCc1ccc(CNC(=O)Cc2ccc(-n3cnnn3)cc2)cc1. The van der Waals surface area contributed by atoms with Gasteiger partial charge in [0, 0.05) is 13.2 Å². The van der Waals surface area contributed by atoms with Gasteiger partial charge >= 0.3 is 0 Å². The number of hydrogen-bond donors (Lipinski definition) is 1. The molecular weight excluding hydrogens is 330 g/mol. The van der Waals surface area contributed by atoms with E-state index in [0.717, 1.165) is 22.4 Å². The van der Waals surface area contributed by atoms with Gasteiger partial charge in [-0.2, -0.15) is 0 Å². The molecule has 0 spiro atoms. The van der Waals surface area contributed by atoms with Gasteiger partial charge in [0.05, 0.1) is 18.7 Å². The van der Waals surface area contributed by atoms with Gasteiger partial charge in [-0.1, -0.05) is 36.4 Å². The lowest BCUT2D eigenvalue weighted by Crippen LogP contribution is -2.24. The van der Waals surface area contributed by atoms with Crippen LogP contribution in [-0.2, 0) is 29.1 Å². The van der Waals surface area contributed by atoms with Crippen LogP contribution in [0.5, 0.6) is 0 Å². The van der Waals surface area contributed by atoms with Crippen LogP contribution in [0.2, 0.25) is 0 Å². The number of aromatic nitrogens is 4. The van der Waals surface area contributed by atoms with Gasteiger partial charge in [-0.3, -0.25) is 4.79 Å². The number of nitrogens with zero attached hydrogens (tertiary/aromatic N) is 4. The van der Waals surface area contributed by atoms with Crippen LogP contribution in [0.4, 0.5) is 0 Å². The Labute approximate surface area is 152 Å². The van der Waals surface area contributed by atoms with E-state index in [9.17, 15) is 4.79 Å². The first-order chi connectivity index (χ1) is 12.7. The summed E-state index contributed by atoms with van der Waals surface area (Å²) in [6, 6.07) is 15.6. The van der Waals surface area contributed by atoms with Gasteiger partial charge in [-0.25, -0.2) is 4.68 Å². The molecule has 3 rings (SSSR count). The van der Waals surface area contributed by atoms with Gasteiger partial charge in [0.1, 0.15) is 6.33 Å². The minimum Gasteiger partial charge on any atom is -0.377 e. The predicted molar refractivity (Wildman–Crippen MR) is 96.5 cm³/mol. The smallest absolute Gasteiger partial charge is 0.224 e. The van der Waals surface area contributed by atoms with E-state index in [1.807, 2.05) is 55.5 Å². The fourth-order valence-corrected chi connectivity index (χ4v) is 2.47. The summed E-state index contributed by atoms with van der Waals surface area (Å²) in [6.07, 6.45) is 1.86. The number of nitrogens with one attached hydrogen (secondary N) is 1. The Hall–Kier alpha value is -3.06. The molecule has 0 fully saturated rings. The normalized spacial score (nSPS) is 10.7. The van der Waals surface area contributed by atoms with E-state index < -0.39 is 0 Å². The maximum absolute atomic E-state index is 12.1. The number of ether oxygens (including phenoxy) is 1. The molecule has 0 atom stereocenters. The van der Waals surface area contributed by atoms with Crippen molar-refractivity contribution >= 4 is 5.91 Å². The molecule has 0 aliphatic heterocycles. The molecule has 1 heterocycles. The first-order valence-corrected chi connectivity index (χ1v) is 8.49. The lowest BCUT2D eigenvalue weighted by Gasteiger charge is -2.07. The van der Waals surface area contributed by atoms with E-state index in [2.05, 4.69) is 20.8 Å². The highest BCUT2D eigenvalue weighted by Crippen LogP contribution is 2.09. The second-order valence-electron chi connectivity index (χ2n) is 5.83. The molecule has 0 aliphatic carbocycles. The van der Waals surface area contributed by atoms with Crippen molar-refractivity contribution in [2.24, 2.45) is 0 Å². The molecule has 0 bridgehead atoms. The summed E-state index contributed by atoms with van der Waals surface area (Å²) in [5.74, 6) is -0.0152. The van der Waals surface area contributed by atoms with E-state index in [1.165, 1.54) is 6.33 Å². The summed E-state index contributed by atoms with van der Waals surface area (Å²) < 4.78 is 6.94. The molecule has 0 saturated carbocycles. The highest BCUT2D eigenvalue weighted by molar-refractivity contribution is 5.78. The fourth-order valence-electron chi connectivity index (χ4n) is 2.47. The van der Waals surface area contributed by atoms with Crippen LogP contribution >= 0.6 is 0 Å². The Morgan fingerprint density at radius 3 is 2.38 bits per heavy atom. The molecular formula is C19H21N5O2. The van der Waals surface area contributed by atoms with Crippen molar-refractivity contribution in [1.82, 2.24) is 25.5 Å². The molecule has 1 aromatic heterocycles. The molecule has 1 amide bonds. The maximum atomic E-state index is 12.1. The number of amides is 1. The number of tetrazole rings is 1. The van der Waals surface area contributed by atoms with Crippen LogP contribution in [-0.4, -0.2) is 32.7 Å². The quantitative estimate of drug-likeness (QED) is 0.672. The second kappa shape index (κ2) is 8.87. The Bertz CT molecular complexity index is 814. The molecule has 7 nitrogen and oxygen atoms in total. The van der Waals surface area contributed by atoms with Crippen LogP contribution in [0, 0.1) is 0 Å². The third-order valence-electron chi connectivity index (χ3n) is 3.90. The monoisotopic (exact) mass is 351 g/mol. The van der Waals surface area contributed by atoms with Crippen molar-refractivity contribution in [2.45, 2.75) is 26.5 Å². The van der Waals surface area contributed by atoms with Gasteiger partial charge in [-0.05, 0) is 46.2 Å². The molecule has 3 aromatic rings. The molecule has 26 heavy (non-hydrogen) atoms. The zero-order valence-corrected chi connectivity index (χ0v) is 14.6. The Morgan fingerprint density at radius 2 is 1.73 bits per heavy atom. The van der Waals surface area contributed by atoms with Gasteiger partial charge < -0.3 is 10.1 Å². The van der Waals surface area contributed by atoms with Crippen molar-refractivity contribution < 1.29 is 9.53 Å². The summed E-state index contributed by atoms with van der Waals surface area (Å²) in [6.45, 7) is 3.80. The van der Waals surface area contributed by atoms with Crippen LogP contribution in [0.25, 0.3) is 5.69 Å². The molecule has 134 valence electrons. The predicted octanol–water partition coefficient (Wildman–Crippen LogP) is 2.06. The summed E-state index contributed by atoms with van der Waals surface area (Å²) in [5, 5.41) is 14.0. The zero-order chi connectivity index (χ0) is 18.2.